The number of nitrogens with two attached hydrogens (primary N) is 1. The summed E-state index contributed by atoms with van der Waals surface area (Å²) in [5.41, 5.74) is 7.75. The first-order chi connectivity index (χ1) is 8.67. The van der Waals surface area contributed by atoms with Crippen molar-refractivity contribution in [2.24, 2.45) is 16.8 Å². The Balaban J connectivity index is 2.46. The maximum atomic E-state index is 8.96. The average molecular weight is 265 g/mol. The van der Waals surface area contributed by atoms with Gasteiger partial charge in [0.1, 0.15) is 0 Å². The number of anilines is 1. The van der Waals surface area contributed by atoms with Crippen molar-refractivity contribution in [1.29, 1.82) is 0 Å². The molecule has 1 aliphatic rings. The molecular formula is C13H19N3OS. The standard InChI is InChI=1S/C13H19N3OS/c1-9-6-7-16(8-9)10-4-3-5-11(18-2)12(10)13(14)15-17/h3-5,9,17H,6-8H2,1-2H3,(H2,14,15). The Labute approximate surface area is 112 Å². The molecule has 1 heterocycles. The zero-order valence-electron chi connectivity index (χ0n) is 10.8. The quantitative estimate of drug-likeness (QED) is 0.289. The molecule has 0 amide bonds. The second-order valence-corrected chi connectivity index (χ2v) is 5.53. The first-order valence-corrected chi connectivity index (χ1v) is 7.29. The van der Waals surface area contributed by atoms with Crippen molar-refractivity contribution in [3.8, 4) is 0 Å². The van der Waals surface area contributed by atoms with E-state index in [0.29, 0.717) is 5.92 Å². The minimum absolute atomic E-state index is 0.189. The van der Waals surface area contributed by atoms with Gasteiger partial charge in [-0.15, -0.1) is 11.8 Å². The molecule has 0 bridgehead atoms. The molecule has 0 saturated carbocycles. The number of amidine groups is 1. The third kappa shape index (κ3) is 2.41. The molecular weight excluding hydrogens is 246 g/mol. The lowest BCUT2D eigenvalue weighted by Gasteiger charge is -2.22. The van der Waals surface area contributed by atoms with Crippen LogP contribution >= 0.6 is 11.8 Å². The van der Waals surface area contributed by atoms with E-state index >= 15 is 0 Å². The smallest absolute Gasteiger partial charge is 0.173 e. The van der Waals surface area contributed by atoms with Gasteiger partial charge in [-0.1, -0.05) is 18.1 Å². The summed E-state index contributed by atoms with van der Waals surface area (Å²) >= 11 is 1.61. The van der Waals surface area contributed by atoms with E-state index in [0.717, 1.165) is 29.2 Å². The number of hydrogen-bond acceptors (Lipinski definition) is 4. The number of hydrogen-bond donors (Lipinski definition) is 2. The van der Waals surface area contributed by atoms with Crippen LogP contribution < -0.4 is 10.6 Å². The normalized spacial score (nSPS) is 20.4. The fourth-order valence-corrected chi connectivity index (χ4v) is 3.04. The Morgan fingerprint density at radius 3 is 2.89 bits per heavy atom. The van der Waals surface area contributed by atoms with Crippen molar-refractivity contribution in [3.05, 3.63) is 23.8 Å². The summed E-state index contributed by atoms with van der Waals surface area (Å²) in [4.78, 5) is 3.36. The van der Waals surface area contributed by atoms with Crippen LogP contribution in [0, 0.1) is 5.92 Å². The molecule has 0 radical (unpaired) electrons. The minimum Gasteiger partial charge on any atom is -0.409 e. The Morgan fingerprint density at radius 1 is 1.56 bits per heavy atom. The molecule has 5 heteroatoms. The lowest BCUT2D eigenvalue weighted by molar-refractivity contribution is 0.318. The monoisotopic (exact) mass is 265 g/mol. The van der Waals surface area contributed by atoms with Crippen LogP contribution in [0.15, 0.2) is 28.3 Å². The molecule has 1 aromatic rings. The second-order valence-electron chi connectivity index (χ2n) is 4.68. The van der Waals surface area contributed by atoms with Crippen molar-refractivity contribution in [2.75, 3.05) is 24.2 Å². The second kappa shape index (κ2) is 5.52. The zero-order valence-corrected chi connectivity index (χ0v) is 11.6. The Hall–Kier alpha value is -1.36. The summed E-state index contributed by atoms with van der Waals surface area (Å²) in [7, 11) is 0. The van der Waals surface area contributed by atoms with E-state index in [4.69, 9.17) is 10.9 Å². The Morgan fingerprint density at radius 2 is 2.33 bits per heavy atom. The van der Waals surface area contributed by atoms with E-state index in [-0.39, 0.29) is 5.84 Å². The van der Waals surface area contributed by atoms with Gasteiger partial charge in [-0.25, -0.2) is 0 Å². The number of oxime groups is 1. The molecule has 18 heavy (non-hydrogen) atoms. The van der Waals surface area contributed by atoms with E-state index < -0.39 is 0 Å². The van der Waals surface area contributed by atoms with E-state index in [1.807, 2.05) is 24.5 Å². The molecule has 2 rings (SSSR count). The van der Waals surface area contributed by atoms with Crippen molar-refractivity contribution in [1.82, 2.24) is 0 Å². The van der Waals surface area contributed by atoms with Crippen LogP contribution in [0.3, 0.4) is 0 Å². The molecule has 1 aliphatic heterocycles. The van der Waals surface area contributed by atoms with Gasteiger partial charge in [0, 0.05) is 23.7 Å². The molecule has 1 atom stereocenters. The van der Waals surface area contributed by atoms with Gasteiger partial charge in [0.15, 0.2) is 5.84 Å². The highest BCUT2D eigenvalue weighted by atomic mass is 32.2. The van der Waals surface area contributed by atoms with Crippen LogP contribution in [0.2, 0.25) is 0 Å². The molecule has 0 aromatic heterocycles. The van der Waals surface area contributed by atoms with Gasteiger partial charge < -0.3 is 15.8 Å². The molecule has 3 N–H and O–H groups in total. The van der Waals surface area contributed by atoms with Gasteiger partial charge >= 0.3 is 0 Å². The van der Waals surface area contributed by atoms with Gasteiger partial charge in [0.25, 0.3) is 0 Å². The maximum absolute atomic E-state index is 8.96. The van der Waals surface area contributed by atoms with Gasteiger partial charge in [-0.3, -0.25) is 0 Å². The Kier molecular flexibility index (Phi) is 4.01. The summed E-state index contributed by atoms with van der Waals surface area (Å²) in [5.74, 6) is 0.887. The predicted octanol–water partition coefficient (Wildman–Crippen LogP) is 2.35. The SMILES string of the molecule is CSc1cccc(N2CCC(C)C2)c1/C(N)=N/O. The predicted molar refractivity (Wildman–Crippen MR) is 76.7 cm³/mol. The Bertz CT molecular complexity index is 462. The highest BCUT2D eigenvalue weighted by Crippen LogP contribution is 2.32. The summed E-state index contributed by atoms with van der Waals surface area (Å²) in [6.07, 6.45) is 3.19. The lowest BCUT2D eigenvalue weighted by atomic mass is 10.1. The molecule has 0 aliphatic carbocycles. The van der Waals surface area contributed by atoms with Gasteiger partial charge in [-0.05, 0) is 30.7 Å². The fraction of sp³-hybridized carbons (Fsp3) is 0.462. The third-order valence-corrected chi connectivity index (χ3v) is 4.13. The summed E-state index contributed by atoms with van der Waals surface area (Å²) in [6.45, 7) is 4.32. The van der Waals surface area contributed by atoms with Crippen LogP contribution in [0.5, 0.6) is 0 Å². The highest BCUT2D eigenvalue weighted by Gasteiger charge is 2.23. The lowest BCUT2D eigenvalue weighted by Crippen LogP contribution is -2.25. The van der Waals surface area contributed by atoms with Crippen LogP contribution in [0.1, 0.15) is 18.9 Å². The summed E-state index contributed by atoms with van der Waals surface area (Å²) in [6, 6.07) is 6.07. The number of rotatable bonds is 3. The largest absolute Gasteiger partial charge is 0.409 e. The van der Waals surface area contributed by atoms with Crippen molar-refractivity contribution < 1.29 is 5.21 Å². The molecule has 0 spiro atoms. The van der Waals surface area contributed by atoms with Crippen LogP contribution in [0.25, 0.3) is 0 Å². The average Bonchev–Trinajstić information content (AvgIpc) is 2.83. The number of nitrogens with zero attached hydrogens (tertiary/aromatic N) is 2. The highest BCUT2D eigenvalue weighted by molar-refractivity contribution is 7.98. The summed E-state index contributed by atoms with van der Waals surface area (Å²) < 4.78 is 0. The maximum Gasteiger partial charge on any atom is 0.173 e. The number of thioether (sulfide) groups is 1. The molecule has 1 unspecified atom stereocenters. The molecule has 98 valence electrons. The van der Waals surface area contributed by atoms with Gasteiger partial charge in [0.2, 0.25) is 0 Å². The van der Waals surface area contributed by atoms with Crippen LogP contribution in [-0.4, -0.2) is 30.4 Å². The van der Waals surface area contributed by atoms with Crippen LogP contribution in [-0.2, 0) is 0 Å². The summed E-state index contributed by atoms with van der Waals surface area (Å²) in [5, 5.41) is 12.1. The zero-order chi connectivity index (χ0) is 13.1. The molecule has 4 nitrogen and oxygen atoms in total. The van der Waals surface area contributed by atoms with E-state index in [9.17, 15) is 0 Å². The third-order valence-electron chi connectivity index (χ3n) is 3.35. The fourth-order valence-electron chi connectivity index (χ4n) is 2.41. The molecule has 1 fully saturated rings. The van der Waals surface area contributed by atoms with Crippen LogP contribution in [0.4, 0.5) is 5.69 Å². The van der Waals surface area contributed by atoms with Crippen molar-refractivity contribution in [2.45, 2.75) is 18.2 Å². The van der Waals surface area contributed by atoms with Gasteiger partial charge in [-0.2, -0.15) is 0 Å². The van der Waals surface area contributed by atoms with E-state index in [1.165, 1.54) is 6.42 Å². The molecule has 1 aromatic carbocycles. The minimum atomic E-state index is 0.189. The molecule has 1 saturated heterocycles. The first-order valence-electron chi connectivity index (χ1n) is 6.07. The number of benzene rings is 1. The topological polar surface area (TPSA) is 61.8 Å². The first kappa shape index (κ1) is 13.1. The van der Waals surface area contributed by atoms with Gasteiger partial charge in [0.05, 0.1) is 5.56 Å². The van der Waals surface area contributed by atoms with E-state index in [1.54, 1.807) is 11.8 Å². The van der Waals surface area contributed by atoms with Crippen molar-refractivity contribution in [3.63, 3.8) is 0 Å². The van der Waals surface area contributed by atoms with E-state index in [2.05, 4.69) is 17.0 Å². The van der Waals surface area contributed by atoms with Crippen molar-refractivity contribution >= 4 is 23.3 Å².